The van der Waals surface area contributed by atoms with Crippen LogP contribution < -0.4 is 5.32 Å². The summed E-state index contributed by atoms with van der Waals surface area (Å²) in [6.45, 7) is 2.46. The van der Waals surface area contributed by atoms with Gasteiger partial charge in [0.05, 0.1) is 15.8 Å². The number of benzene rings is 2. The van der Waals surface area contributed by atoms with Crippen LogP contribution in [0.5, 0.6) is 0 Å². The van der Waals surface area contributed by atoms with Crippen molar-refractivity contribution in [2.75, 3.05) is 0 Å². The molecule has 1 aromatic heterocycles. The first-order valence-corrected chi connectivity index (χ1v) is 8.44. The summed E-state index contributed by atoms with van der Waals surface area (Å²) in [4.78, 5) is 16.8. The highest BCUT2D eigenvalue weighted by Crippen LogP contribution is 2.24. The van der Waals surface area contributed by atoms with Crippen molar-refractivity contribution >= 4 is 28.6 Å². The maximum Gasteiger partial charge on any atom is 0.233 e. The predicted octanol–water partition coefficient (Wildman–Crippen LogP) is 4.03. The molecule has 1 amide bonds. The minimum Gasteiger partial charge on any atom is -0.351 e. The molecule has 0 aliphatic rings. The highest BCUT2D eigenvalue weighted by Gasteiger charge is 2.14. The van der Waals surface area contributed by atoms with E-state index in [4.69, 9.17) is 0 Å². The minimum absolute atomic E-state index is 0.0220. The van der Waals surface area contributed by atoms with Gasteiger partial charge in [0.15, 0.2) is 0 Å². The molecular formula is C19H18N2OS. The van der Waals surface area contributed by atoms with Crippen LogP contribution in [0.4, 0.5) is 0 Å². The molecule has 3 rings (SSSR count). The lowest BCUT2D eigenvalue weighted by atomic mass is 10.2. The van der Waals surface area contributed by atoms with E-state index in [1.54, 1.807) is 0 Å². The van der Waals surface area contributed by atoms with Gasteiger partial charge >= 0.3 is 0 Å². The number of nitrogens with zero attached hydrogens (tertiary/aromatic N) is 1. The largest absolute Gasteiger partial charge is 0.351 e. The topological polar surface area (TPSA) is 42.0 Å². The molecule has 0 aliphatic heterocycles. The Bertz CT molecular complexity index is 805. The molecule has 0 saturated heterocycles. The van der Waals surface area contributed by atoms with E-state index in [-0.39, 0.29) is 11.2 Å². The fourth-order valence-corrected chi connectivity index (χ4v) is 3.13. The quantitative estimate of drug-likeness (QED) is 0.721. The van der Waals surface area contributed by atoms with Gasteiger partial charge in [-0.25, -0.2) is 4.98 Å². The molecule has 1 N–H and O–H groups in total. The molecule has 0 fully saturated rings. The Morgan fingerprint density at radius 1 is 1.04 bits per heavy atom. The number of carbonyl (C=O) groups excluding carboxylic acids is 1. The van der Waals surface area contributed by atoms with Gasteiger partial charge in [-0.05, 0) is 24.6 Å². The molecule has 1 heterocycles. The van der Waals surface area contributed by atoms with Crippen molar-refractivity contribution in [3.63, 3.8) is 0 Å². The third-order valence-corrected chi connectivity index (χ3v) is 4.59. The Labute approximate surface area is 140 Å². The average Bonchev–Trinajstić information content (AvgIpc) is 2.60. The summed E-state index contributed by atoms with van der Waals surface area (Å²) in [6, 6.07) is 21.9. The van der Waals surface area contributed by atoms with Crippen molar-refractivity contribution in [3.8, 4) is 0 Å². The van der Waals surface area contributed by atoms with E-state index in [1.165, 1.54) is 11.8 Å². The number of hydrogen-bond donors (Lipinski definition) is 1. The molecule has 4 heteroatoms. The lowest BCUT2D eigenvalue weighted by Gasteiger charge is -2.12. The van der Waals surface area contributed by atoms with Crippen LogP contribution in [0.3, 0.4) is 0 Å². The Balaban J connectivity index is 1.60. The summed E-state index contributed by atoms with van der Waals surface area (Å²) < 4.78 is 0. The first-order chi connectivity index (χ1) is 11.2. The molecule has 0 aliphatic carbocycles. The SMILES string of the molecule is CC(Sc1ccc2ccccc2n1)C(=O)NCc1ccccc1. The van der Waals surface area contributed by atoms with Crippen LogP contribution in [0.1, 0.15) is 12.5 Å². The standard InChI is InChI=1S/C19H18N2OS/c1-14(19(22)20-13-15-7-3-2-4-8-15)23-18-12-11-16-9-5-6-10-17(16)21-18/h2-12,14H,13H2,1H3,(H,20,22). The van der Waals surface area contributed by atoms with Gasteiger partial charge in [0.1, 0.15) is 0 Å². The van der Waals surface area contributed by atoms with Crippen molar-refractivity contribution in [2.24, 2.45) is 0 Å². The summed E-state index contributed by atoms with van der Waals surface area (Å²) in [5, 5.41) is 4.76. The number of nitrogens with one attached hydrogen (secondary N) is 1. The fraction of sp³-hybridized carbons (Fsp3) is 0.158. The molecule has 3 nitrogen and oxygen atoms in total. The van der Waals surface area contributed by atoms with E-state index in [0.717, 1.165) is 21.5 Å². The Kier molecular flexibility index (Phi) is 4.93. The van der Waals surface area contributed by atoms with Crippen LogP contribution in [0.15, 0.2) is 71.8 Å². The van der Waals surface area contributed by atoms with Gasteiger partial charge in [-0.1, -0.05) is 66.4 Å². The van der Waals surface area contributed by atoms with E-state index in [1.807, 2.05) is 73.7 Å². The van der Waals surface area contributed by atoms with Gasteiger partial charge in [0.25, 0.3) is 0 Å². The lowest BCUT2D eigenvalue weighted by molar-refractivity contribution is -0.120. The van der Waals surface area contributed by atoms with Crippen molar-refractivity contribution in [2.45, 2.75) is 23.7 Å². The van der Waals surface area contributed by atoms with Crippen molar-refractivity contribution in [1.29, 1.82) is 0 Å². The highest BCUT2D eigenvalue weighted by molar-refractivity contribution is 8.00. The number of hydrogen-bond acceptors (Lipinski definition) is 3. The summed E-state index contributed by atoms with van der Waals surface area (Å²) in [5.74, 6) is 0.0220. The van der Waals surface area contributed by atoms with Gasteiger partial charge in [0, 0.05) is 11.9 Å². The van der Waals surface area contributed by atoms with Crippen LogP contribution in [-0.4, -0.2) is 16.1 Å². The van der Waals surface area contributed by atoms with Gasteiger partial charge < -0.3 is 5.32 Å². The molecule has 0 spiro atoms. The molecule has 1 atom stereocenters. The first kappa shape index (κ1) is 15.6. The number of para-hydroxylation sites is 1. The minimum atomic E-state index is -0.188. The van der Waals surface area contributed by atoms with Gasteiger partial charge in [-0.3, -0.25) is 4.79 Å². The first-order valence-electron chi connectivity index (χ1n) is 7.56. The van der Waals surface area contributed by atoms with Crippen LogP contribution in [0.25, 0.3) is 10.9 Å². The molecular weight excluding hydrogens is 304 g/mol. The molecule has 116 valence electrons. The van der Waals surface area contributed by atoms with E-state index in [9.17, 15) is 4.79 Å². The van der Waals surface area contributed by atoms with E-state index >= 15 is 0 Å². The van der Waals surface area contributed by atoms with E-state index < -0.39 is 0 Å². The van der Waals surface area contributed by atoms with Gasteiger partial charge in [0.2, 0.25) is 5.91 Å². The lowest BCUT2D eigenvalue weighted by Crippen LogP contribution is -2.30. The van der Waals surface area contributed by atoms with Crippen LogP contribution in [0, 0.1) is 0 Å². The zero-order valence-electron chi connectivity index (χ0n) is 12.9. The van der Waals surface area contributed by atoms with Crippen LogP contribution >= 0.6 is 11.8 Å². The van der Waals surface area contributed by atoms with E-state index in [0.29, 0.717) is 6.54 Å². The second-order valence-corrected chi connectivity index (χ2v) is 6.67. The molecule has 1 unspecified atom stereocenters. The molecule has 2 aromatic carbocycles. The number of thioether (sulfide) groups is 1. The highest BCUT2D eigenvalue weighted by atomic mass is 32.2. The third kappa shape index (κ3) is 4.11. The van der Waals surface area contributed by atoms with Crippen molar-refractivity contribution in [1.82, 2.24) is 10.3 Å². The Morgan fingerprint density at radius 3 is 2.61 bits per heavy atom. The number of pyridine rings is 1. The summed E-state index contributed by atoms with van der Waals surface area (Å²) in [7, 11) is 0. The second-order valence-electron chi connectivity index (χ2n) is 5.31. The smallest absolute Gasteiger partial charge is 0.233 e. The predicted molar refractivity (Wildman–Crippen MR) is 95.4 cm³/mol. The van der Waals surface area contributed by atoms with Crippen molar-refractivity contribution < 1.29 is 4.79 Å². The molecule has 0 saturated carbocycles. The molecule has 23 heavy (non-hydrogen) atoms. The Hall–Kier alpha value is -2.33. The maximum absolute atomic E-state index is 12.2. The van der Waals surface area contributed by atoms with Gasteiger partial charge in [-0.2, -0.15) is 0 Å². The van der Waals surface area contributed by atoms with E-state index in [2.05, 4.69) is 10.3 Å². The number of rotatable bonds is 5. The normalized spacial score (nSPS) is 12.0. The zero-order chi connectivity index (χ0) is 16.1. The van der Waals surface area contributed by atoms with Gasteiger partial charge in [-0.15, -0.1) is 0 Å². The second kappa shape index (κ2) is 7.29. The monoisotopic (exact) mass is 322 g/mol. The third-order valence-electron chi connectivity index (χ3n) is 3.55. The summed E-state index contributed by atoms with van der Waals surface area (Å²) in [6.07, 6.45) is 0. The maximum atomic E-state index is 12.2. The fourth-order valence-electron chi connectivity index (χ4n) is 2.28. The molecule has 3 aromatic rings. The molecule has 0 bridgehead atoms. The number of fused-ring (bicyclic) bond motifs is 1. The average molecular weight is 322 g/mol. The molecule has 0 radical (unpaired) electrons. The summed E-state index contributed by atoms with van der Waals surface area (Å²) >= 11 is 1.48. The van der Waals surface area contributed by atoms with Crippen molar-refractivity contribution in [3.05, 3.63) is 72.3 Å². The number of amides is 1. The number of carbonyl (C=O) groups is 1. The van der Waals surface area contributed by atoms with Crippen LogP contribution in [0.2, 0.25) is 0 Å². The number of aromatic nitrogens is 1. The summed E-state index contributed by atoms with van der Waals surface area (Å²) in [5.41, 5.74) is 2.05. The van der Waals surface area contributed by atoms with Crippen LogP contribution in [-0.2, 0) is 11.3 Å². The zero-order valence-corrected chi connectivity index (χ0v) is 13.7. The Morgan fingerprint density at radius 2 is 1.78 bits per heavy atom.